The van der Waals surface area contributed by atoms with Gasteiger partial charge < -0.3 is 10.1 Å². The van der Waals surface area contributed by atoms with Gasteiger partial charge in [-0.25, -0.2) is 4.79 Å². The summed E-state index contributed by atoms with van der Waals surface area (Å²) in [5.74, 6) is -1.92. The van der Waals surface area contributed by atoms with Crippen LogP contribution in [-0.2, 0) is 15.7 Å². The lowest BCUT2D eigenvalue weighted by Gasteiger charge is -2.13. The number of ether oxygens (including phenoxy) is 1. The van der Waals surface area contributed by atoms with Gasteiger partial charge >= 0.3 is 12.1 Å². The van der Waals surface area contributed by atoms with Gasteiger partial charge in [0.15, 0.2) is 6.61 Å². The molecule has 0 saturated carbocycles. The van der Waals surface area contributed by atoms with E-state index in [1.807, 2.05) is 5.32 Å². The van der Waals surface area contributed by atoms with E-state index >= 15 is 0 Å². The van der Waals surface area contributed by atoms with Crippen molar-refractivity contribution >= 4 is 34.9 Å². The minimum Gasteiger partial charge on any atom is -0.452 e. The molecule has 0 atom stereocenters. The van der Waals surface area contributed by atoms with Gasteiger partial charge in [0.2, 0.25) is 0 Å². The summed E-state index contributed by atoms with van der Waals surface area (Å²) in [5.41, 5.74) is -2.78. The number of hydrogen-bond donors (Lipinski definition) is 1. The van der Waals surface area contributed by atoms with Gasteiger partial charge in [-0.15, -0.1) is 0 Å². The summed E-state index contributed by atoms with van der Waals surface area (Å²) in [7, 11) is 0. The number of non-ortho nitro benzene ring substituents is 1. The standard InChI is InChI=1S/C16H10ClF3N2O5/c17-10-3-1-9(2-4-10)15(24)27-8-14(23)21-13-6-5-11(22(25)26)7-12(13)16(18,19)20/h1-7H,8H2,(H,21,23). The number of hydrogen-bond acceptors (Lipinski definition) is 5. The number of carbonyl (C=O) groups excluding carboxylic acids is 2. The quantitative estimate of drug-likeness (QED) is 0.462. The number of amides is 1. The van der Waals surface area contributed by atoms with Crippen molar-refractivity contribution in [3.05, 3.63) is 68.7 Å². The van der Waals surface area contributed by atoms with Gasteiger partial charge in [0.05, 0.1) is 21.7 Å². The van der Waals surface area contributed by atoms with Gasteiger partial charge in [0, 0.05) is 17.2 Å². The van der Waals surface area contributed by atoms with Crippen LogP contribution in [0, 0.1) is 10.1 Å². The molecule has 1 amide bonds. The second-order valence-corrected chi connectivity index (χ2v) is 5.55. The Kier molecular flexibility index (Phi) is 6.01. The molecule has 7 nitrogen and oxygen atoms in total. The molecule has 11 heteroatoms. The van der Waals surface area contributed by atoms with Crippen LogP contribution in [0.1, 0.15) is 15.9 Å². The van der Waals surface area contributed by atoms with Gasteiger partial charge in [0.1, 0.15) is 0 Å². The molecule has 0 saturated heterocycles. The van der Waals surface area contributed by atoms with Crippen LogP contribution in [-0.4, -0.2) is 23.4 Å². The maximum atomic E-state index is 13.0. The van der Waals surface area contributed by atoms with Crippen molar-refractivity contribution in [1.82, 2.24) is 0 Å². The zero-order valence-electron chi connectivity index (χ0n) is 13.2. The summed E-state index contributed by atoms with van der Waals surface area (Å²) >= 11 is 5.67. The van der Waals surface area contributed by atoms with E-state index in [2.05, 4.69) is 0 Å². The Hall–Kier alpha value is -3.14. The van der Waals surface area contributed by atoms with Crippen LogP contribution < -0.4 is 5.32 Å². The molecule has 2 aromatic carbocycles. The van der Waals surface area contributed by atoms with Gasteiger partial charge in [0.25, 0.3) is 11.6 Å². The van der Waals surface area contributed by atoms with E-state index in [1.165, 1.54) is 24.3 Å². The van der Waals surface area contributed by atoms with E-state index in [-0.39, 0.29) is 5.56 Å². The topological polar surface area (TPSA) is 98.5 Å². The summed E-state index contributed by atoms with van der Waals surface area (Å²) in [4.78, 5) is 33.2. The van der Waals surface area contributed by atoms with Crippen LogP contribution in [0.25, 0.3) is 0 Å². The SMILES string of the molecule is O=C(COC(=O)c1ccc(Cl)cc1)Nc1ccc([N+](=O)[O-])cc1C(F)(F)F. The first kappa shape index (κ1) is 20.2. The van der Waals surface area contributed by atoms with Crippen LogP contribution in [0.3, 0.4) is 0 Å². The van der Waals surface area contributed by atoms with Crippen LogP contribution in [0.4, 0.5) is 24.5 Å². The number of esters is 1. The zero-order chi connectivity index (χ0) is 20.2. The molecule has 0 bridgehead atoms. The van der Waals surface area contributed by atoms with Gasteiger partial charge in [-0.3, -0.25) is 14.9 Å². The molecule has 0 unspecified atom stereocenters. The number of anilines is 1. The van der Waals surface area contributed by atoms with Crippen molar-refractivity contribution in [1.29, 1.82) is 0 Å². The summed E-state index contributed by atoms with van der Waals surface area (Å²) in [6, 6.07) is 7.40. The molecule has 0 fully saturated rings. The maximum absolute atomic E-state index is 13.0. The smallest absolute Gasteiger partial charge is 0.418 e. The number of benzene rings is 2. The molecule has 0 heterocycles. The van der Waals surface area contributed by atoms with E-state index < -0.39 is 46.5 Å². The number of carbonyl (C=O) groups is 2. The molecule has 0 aliphatic heterocycles. The van der Waals surface area contributed by atoms with E-state index in [0.29, 0.717) is 11.1 Å². The third-order valence-corrected chi connectivity index (χ3v) is 3.46. The van der Waals surface area contributed by atoms with E-state index in [1.54, 1.807) is 0 Å². The molecule has 142 valence electrons. The fourth-order valence-corrected chi connectivity index (χ4v) is 2.10. The molecular weight excluding hydrogens is 393 g/mol. The predicted octanol–water partition coefficient (Wildman–Crippen LogP) is 4.06. The highest BCUT2D eigenvalue weighted by atomic mass is 35.5. The molecule has 0 radical (unpaired) electrons. The van der Waals surface area contributed by atoms with E-state index in [0.717, 1.165) is 12.1 Å². The van der Waals surface area contributed by atoms with Gasteiger partial charge in [-0.05, 0) is 30.3 Å². The number of nitro benzene ring substituents is 1. The van der Waals surface area contributed by atoms with Crippen molar-refractivity contribution in [2.45, 2.75) is 6.18 Å². The average molecular weight is 403 g/mol. The Morgan fingerprint density at radius 3 is 2.33 bits per heavy atom. The fraction of sp³-hybridized carbons (Fsp3) is 0.125. The van der Waals surface area contributed by atoms with Crippen LogP contribution in [0.15, 0.2) is 42.5 Å². The Labute approximate surface area is 154 Å². The van der Waals surface area contributed by atoms with E-state index in [4.69, 9.17) is 16.3 Å². The molecule has 0 aliphatic rings. The van der Waals surface area contributed by atoms with E-state index in [9.17, 15) is 32.9 Å². The fourth-order valence-electron chi connectivity index (χ4n) is 1.98. The Balaban J connectivity index is 2.08. The number of halogens is 4. The maximum Gasteiger partial charge on any atom is 0.418 e. The Morgan fingerprint density at radius 2 is 1.78 bits per heavy atom. The summed E-state index contributed by atoms with van der Waals surface area (Å²) < 4.78 is 43.8. The summed E-state index contributed by atoms with van der Waals surface area (Å²) in [6.45, 7) is -0.851. The second-order valence-electron chi connectivity index (χ2n) is 5.12. The molecule has 0 aromatic heterocycles. The van der Waals surface area contributed by atoms with Crippen LogP contribution in [0.2, 0.25) is 5.02 Å². The van der Waals surface area contributed by atoms with Crippen molar-refractivity contribution < 1.29 is 32.4 Å². The highest BCUT2D eigenvalue weighted by Gasteiger charge is 2.35. The normalized spacial score (nSPS) is 11.0. The number of nitrogens with zero attached hydrogens (tertiary/aromatic N) is 1. The van der Waals surface area contributed by atoms with Crippen molar-refractivity contribution in [3.63, 3.8) is 0 Å². The molecule has 27 heavy (non-hydrogen) atoms. The molecule has 0 spiro atoms. The highest BCUT2D eigenvalue weighted by molar-refractivity contribution is 6.30. The highest BCUT2D eigenvalue weighted by Crippen LogP contribution is 2.37. The Bertz CT molecular complexity index is 885. The summed E-state index contributed by atoms with van der Waals surface area (Å²) in [6.07, 6.45) is -4.94. The van der Waals surface area contributed by atoms with Gasteiger partial charge in [-0.1, -0.05) is 11.6 Å². The number of rotatable bonds is 5. The number of nitro groups is 1. The lowest BCUT2D eigenvalue weighted by atomic mass is 10.1. The summed E-state index contributed by atoms with van der Waals surface area (Å²) in [5, 5.41) is 12.9. The van der Waals surface area contributed by atoms with Crippen molar-refractivity contribution in [2.75, 3.05) is 11.9 Å². The molecule has 2 rings (SSSR count). The van der Waals surface area contributed by atoms with Crippen LogP contribution >= 0.6 is 11.6 Å². The lowest BCUT2D eigenvalue weighted by Crippen LogP contribution is -2.22. The molecular formula is C16H10ClF3N2O5. The lowest BCUT2D eigenvalue weighted by molar-refractivity contribution is -0.385. The molecule has 1 N–H and O–H groups in total. The molecule has 2 aromatic rings. The zero-order valence-corrected chi connectivity index (χ0v) is 14.0. The second kappa shape index (κ2) is 8.04. The Morgan fingerprint density at radius 1 is 1.15 bits per heavy atom. The number of alkyl halides is 3. The predicted molar refractivity (Wildman–Crippen MR) is 88.5 cm³/mol. The number of nitrogens with one attached hydrogen (secondary N) is 1. The van der Waals surface area contributed by atoms with Crippen LogP contribution in [0.5, 0.6) is 0 Å². The average Bonchev–Trinajstić information content (AvgIpc) is 2.59. The first-order valence-corrected chi connectivity index (χ1v) is 7.54. The monoisotopic (exact) mass is 402 g/mol. The first-order chi connectivity index (χ1) is 12.6. The first-order valence-electron chi connectivity index (χ1n) is 7.16. The third kappa shape index (κ3) is 5.42. The third-order valence-electron chi connectivity index (χ3n) is 3.21. The van der Waals surface area contributed by atoms with Crippen molar-refractivity contribution in [3.8, 4) is 0 Å². The largest absolute Gasteiger partial charge is 0.452 e. The molecule has 0 aliphatic carbocycles. The minimum atomic E-state index is -4.94. The van der Waals surface area contributed by atoms with Gasteiger partial charge in [-0.2, -0.15) is 13.2 Å². The van der Waals surface area contributed by atoms with Crippen molar-refractivity contribution in [2.24, 2.45) is 0 Å². The minimum absolute atomic E-state index is 0.0958.